The molecule has 102 valence electrons. The molecule has 0 aliphatic carbocycles. The number of aromatic nitrogens is 2. The number of nitrogens with two attached hydrogens (primary N) is 2. The van der Waals surface area contributed by atoms with Crippen molar-refractivity contribution in [3.63, 3.8) is 0 Å². The van der Waals surface area contributed by atoms with Crippen LogP contribution in [0.4, 0.5) is 0 Å². The number of hydrogen-bond donors (Lipinski definition) is 2. The second-order valence-corrected chi connectivity index (χ2v) is 5.76. The van der Waals surface area contributed by atoms with Gasteiger partial charge in [0, 0.05) is 28.8 Å². The van der Waals surface area contributed by atoms with Crippen LogP contribution in [0.5, 0.6) is 0 Å². The third-order valence-corrected chi connectivity index (χ3v) is 3.75. The molecule has 0 amide bonds. The lowest BCUT2D eigenvalue weighted by molar-refractivity contribution is -0.607. The van der Waals surface area contributed by atoms with Crippen LogP contribution in [0.1, 0.15) is 11.3 Å². The van der Waals surface area contributed by atoms with Crippen LogP contribution in [0.3, 0.4) is 0 Å². The molecule has 8 heteroatoms. The fourth-order valence-corrected chi connectivity index (χ4v) is 2.57. The Morgan fingerprint density at radius 1 is 1.20 bits per heavy atom. The van der Waals surface area contributed by atoms with E-state index in [1.165, 1.54) is 18.0 Å². The molecule has 2 aromatic heterocycles. The monoisotopic (exact) mass is 322 g/mol. The lowest BCUT2D eigenvalue weighted by Gasteiger charge is -2.06. The Balaban J connectivity index is 2.30. The third-order valence-electron chi connectivity index (χ3n) is 2.38. The molecule has 0 aliphatic heterocycles. The Morgan fingerprint density at radius 2 is 1.95 bits per heavy atom. The standard InChI is InChI=1S/C12H10N4OS3/c13-11(18)7-1-3-15-10(5-7)20-8-2-4-16(17)9(6-8)12(14)19/h1-6H,(H2,13,18)(H2,14,19). The molecule has 0 fully saturated rings. The third kappa shape index (κ3) is 3.41. The van der Waals surface area contributed by atoms with Crippen LogP contribution >= 0.6 is 36.2 Å². The van der Waals surface area contributed by atoms with E-state index in [1.54, 1.807) is 30.5 Å². The molecule has 20 heavy (non-hydrogen) atoms. The summed E-state index contributed by atoms with van der Waals surface area (Å²) in [5, 5.41) is 12.2. The van der Waals surface area contributed by atoms with E-state index < -0.39 is 0 Å². The summed E-state index contributed by atoms with van der Waals surface area (Å²) < 4.78 is 0.630. The Kier molecular flexibility index (Phi) is 4.48. The summed E-state index contributed by atoms with van der Waals surface area (Å²) >= 11 is 11.1. The fraction of sp³-hybridized carbons (Fsp3) is 0. The largest absolute Gasteiger partial charge is 0.618 e. The van der Waals surface area contributed by atoms with Gasteiger partial charge in [-0.25, -0.2) is 4.98 Å². The Labute approximate surface area is 130 Å². The summed E-state index contributed by atoms with van der Waals surface area (Å²) in [6.07, 6.45) is 2.98. The summed E-state index contributed by atoms with van der Waals surface area (Å²) in [6.45, 7) is 0. The van der Waals surface area contributed by atoms with Gasteiger partial charge in [-0.05, 0) is 12.1 Å². The molecule has 5 nitrogen and oxygen atoms in total. The van der Waals surface area contributed by atoms with Gasteiger partial charge in [0.15, 0.2) is 11.2 Å². The SMILES string of the molecule is NC(=S)c1ccnc(Sc2cc[n+]([O-])c(C(N)=S)c2)c1. The van der Waals surface area contributed by atoms with Gasteiger partial charge in [0.2, 0.25) is 0 Å². The summed E-state index contributed by atoms with van der Waals surface area (Å²) in [7, 11) is 0. The van der Waals surface area contributed by atoms with Gasteiger partial charge in [-0.1, -0.05) is 36.2 Å². The molecular weight excluding hydrogens is 312 g/mol. The second-order valence-electron chi connectivity index (χ2n) is 3.79. The molecule has 0 atom stereocenters. The van der Waals surface area contributed by atoms with E-state index in [0.29, 0.717) is 14.7 Å². The van der Waals surface area contributed by atoms with E-state index in [0.717, 1.165) is 10.5 Å². The van der Waals surface area contributed by atoms with Crippen LogP contribution in [0.25, 0.3) is 0 Å². The average Bonchev–Trinajstić information content (AvgIpc) is 2.41. The topological polar surface area (TPSA) is 91.9 Å². The minimum Gasteiger partial charge on any atom is -0.618 e. The van der Waals surface area contributed by atoms with E-state index in [-0.39, 0.29) is 10.7 Å². The quantitative estimate of drug-likeness (QED) is 0.495. The summed E-state index contributed by atoms with van der Waals surface area (Å²) in [5.74, 6) is 0. The Hall–Kier alpha value is -1.77. The molecule has 0 aromatic carbocycles. The van der Waals surface area contributed by atoms with Crippen molar-refractivity contribution >= 4 is 46.2 Å². The van der Waals surface area contributed by atoms with Crippen LogP contribution < -0.4 is 16.2 Å². The molecule has 0 aliphatic rings. The maximum atomic E-state index is 11.5. The zero-order valence-corrected chi connectivity index (χ0v) is 12.6. The molecule has 0 bridgehead atoms. The van der Waals surface area contributed by atoms with Crippen molar-refractivity contribution in [3.8, 4) is 0 Å². The predicted molar refractivity (Wildman–Crippen MR) is 85.5 cm³/mol. The summed E-state index contributed by atoms with van der Waals surface area (Å²) in [6, 6.07) is 6.80. The van der Waals surface area contributed by atoms with Crippen LogP contribution in [-0.4, -0.2) is 15.0 Å². The first-order valence-corrected chi connectivity index (χ1v) is 7.07. The van der Waals surface area contributed by atoms with Gasteiger partial charge < -0.3 is 16.7 Å². The predicted octanol–water partition coefficient (Wildman–Crippen LogP) is 1.13. The van der Waals surface area contributed by atoms with Crippen LogP contribution in [0.2, 0.25) is 0 Å². The zero-order chi connectivity index (χ0) is 14.7. The van der Waals surface area contributed by atoms with E-state index >= 15 is 0 Å². The van der Waals surface area contributed by atoms with E-state index in [2.05, 4.69) is 4.98 Å². The second kappa shape index (κ2) is 6.12. The molecule has 2 aromatic rings. The molecule has 0 unspecified atom stereocenters. The molecule has 2 heterocycles. The van der Waals surface area contributed by atoms with Gasteiger partial charge >= 0.3 is 0 Å². The van der Waals surface area contributed by atoms with Crippen LogP contribution in [-0.2, 0) is 0 Å². The number of rotatable bonds is 4. The number of pyridine rings is 2. The van der Waals surface area contributed by atoms with Crippen molar-refractivity contribution in [3.05, 3.63) is 53.1 Å². The van der Waals surface area contributed by atoms with Crippen LogP contribution in [0, 0.1) is 5.21 Å². The number of hydrogen-bond acceptors (Lipinski definition) is 5. The average molecular weight is 322 g/mol. The van der Waals surface area contributed by atoms with Crippen molar-refractivity contribution in [2.24, 2.45) is 11.5 Å². The van der Waals surface area contributed by atoms with Crippen molar-refractivity contribution in [2.75, 3.05) is 0 Å². The van der Waals surface area contributed by atoms with Gasteiger partial charge in [0.05, 0.1) is 0 Å². The maximum absolute atomic E-state index is 11.5. The van der Waals surface area contributed by atoms with Gasteiger partial charge in [-0.2, -0.15) is 4.73 Å². The molecule has 0 saturated carbocycles. The first kappa shape index (κ1) is 14.6. The highest BCUT2D eigenvalue weighted by atomic mass is 32.2. The lowest BCUT2D eigenvalue weighted by Crippen LogP contribution is -2.36. The lowest BCUT2D eigenvalue weighted by atomic mass is 10.3. The number of thiocarbonyl (C=S) groups is 2. The fourth-order valence-electron chi connectivity index (χ4n) is 1.45. The minimum atomic E-state index is 0.0484. The first-order chi connectivity index (χ1) is 9.47. The highest BCUT2D eigenvalue weighted by molar-refractivity contribution is 7.99. The van der Waals surface area contributed by atoms with Gasteiger partial charge in [0.1, 0.15) is 10.0 Å². The van der Waals surface area contributed by atoms with Gasteiger partial charge in [-0.15, -0.1) is 0 Å². The minimum absolute atomic E-state index is 0.0484. The number of nitrogens with zero attached hydrogens (tertiary/aromatic N) is 2. The first-order valence-electron chi connectivity index (χ1n) is 5.44. The Morgan fingerprint density at radius 3 is 2.60 bits per heavy atom. The van der Waals surface area contributed by atoms with Gasteiger partial charge in [-0.3, -0.25) is 0 Å². The van der Waals surface area contributed by atoms with Crippen molar-refractivity contribution in [1.82, 2.24) is 4.98 Å². The smallest absolute Gasteiger partial charge is 0.252 e. The van der Waals surface area contributed by atoms with E-state index in [9.17, 15) is 5.21 Å². The molecule has 0 spiro atoms. The van der Waals surface area contributed by atoms with Crippen molar-refractivity contribution < 1.29 is 4.73 Å². The molecule has 2 rings (SSSR count). The highest BCUT2D eigenvalue weighted by Crippen LogP contribution is 2.26. The van der Waals surface area contributed by atoms with Gasteiger partial charge in [0.25, 0.3) is 5.69 Å². The highest BCUT2D eigenvalue weighted by Gasteiger charge is 2.11. The molecule has 0 saturated heterocycles. The molecule has 0 radical (unpaired) electrons. The van der Waals surface area contributed by atoms with Crippen molar-refractivity contribution in [2.45, 2.75) is 9.92 Å². The van der Waals surface area contributed by atoms with E-state index in [1.807, 2.05) is 0 Å². The summed E-state index contributed by atoms with van der Waals surface area (Å²) in [4.78, 5) is 5.37. The van der Waals surface area contributed by atoms with Crippen LogP contribution in [0.15, 0.2) is 46.6 Å². The Bertz CT molecular complexity index is 690. The maximum Gasteiger partial charge on any atom is 0.252 e. The zero-order valence-electron chi connectivity index (χ0n) is 10.1. The summed E-state index contributed by atoms with van der Waals surface area (Å²) in [5.41, 5.74) is 12.1. The van der Waals surface area contributed by atoms with E-state index in [4.69, 9.17) is 35.9 Å². The molecule has 4 N–H and O–H groups in total. The molecular formula is C12H10N4OS3. The van der Waals surface area contributed by atoms with Crippen molar-refractivity contribution in [1.29, 1.82) is 0 Å². The normalized spacial score (nSPS) is 10.2.